The maximum atomic E-state index is 11.3. The first-order chi connectivity index (χ1) is 10.3. The molecule has 0 aromatic carbocycles. The van der Waals surface area contributed by atoms with Crippen molar-refractivity contribution in [3.63, 3.8) is 0 Å². The van der Waals surface area contributed by atoms with Crippen LogP contribution in [0.3, 0.4) is 0 Å². The van der Waals surface area contributed by atoms with Gasteiger partial charge in [-0.05, 0) is 18.2 Å². The van der Waals surface area contributed by atoms with E-state index in [4.69, 9.17) is 5.73 Å². The van der Waals surface area contributed by atoms with Crippen LogP contribution in [0.1, 0.15) is 0 Å². The Hall–Kier alpha value is -3.56. The van der Waals surface area contributed by atoms with E-state index in [9.17, 15) is 34.5 Å². The average Bonchev–Trinajstić information content (AvgIpc) is 2.41. The van der Waals surface area contributed by atoms with E-state index in [0.29, 0.717) is 6.08 Å². The number of allylic oxidation sites excluding steroid dienone is 2. The van der Waals surface area contributed by atoms with Crippen LogP contribution < -0.4 is 5.73 Å². The number of hydrogen-bond acceptors (Lipinski definition) is 4. The van der Waals surface area contributed by atoms with E-state index in [1.54, 1.807) is 0 Å². The predicted octanol–water partition coefficient (Wildman–Crippen LogP) is -0.231. The molecular formula is C12H7N3O7. The summed E-state index contributed by atoms with van der Waals surface area (Å²) >= 11 is 0. The van der Waals surface area contributed by atoms with Crippen LogP contribution >= 0.6 is 0 Å². The van der Waals surface area contributed by atoms with Crippen molar-refractivity contribution in [1.82, 2.24) is 5.73 Å². The van der Waals surface area contributed by atoms with Gasteiger partial charge in [0.05, 0.1) is 0 Å². The molecule has 0 heterocycles. The molecule has 0 aromatic rings. The van der Waals surface area contributed by atoms with Gasteiger partial charge in [-0.1, -0.05) is 6.08 Å². The van der Waals surface area contributed by atoms with E-state index < -0.39 is 35.4 Å². The fourth-order valence-corrected chi connectivity index (χ4v) is 0.882. The Kier molecular flexibility index (Phi) is 7.85. The molecule has 0 fully saturated rings. The standard InChI is InChI=1S/C12H7N3O7/c13-6-2-1-3-7(10(18)19)14-12(22)15-8(11(20)21)4-5-9(16)17/h1-6,13H/b3-1+,5-4+,6-2+,14-7+,15-8+. The molecule has 0 aliphatic heterocycles. The van der Waals surface area contributed by atoms with Gasteiger partial charge in [0.25, 0.3) is 0 Å². The highest BCUT2D eigenvalue weighted by atomic mass is 16.4. The van der Waals surface area contributed by atoms with Gasteiger partial charge >= 0.3 is 23.9 Å². The quantitative estimate of drug-likeness (QED) is 0.374. The summed E-state index contributed by atoms with van der Waals surface area (Å²) in [5.74, 6) is -5.58. The van der Waals surface area contributed by atoms with Crippen molar-refractivity contribution in [2.24, 2.45) is 9.98 Å². The SMILES string of the molecule is [NH]/C=C/C=C/C(=N\C(=O)/N=C(\C=C\C([O])=O)C([O])=O)C([O])=O. The summed E-state index contributed by atoms with van der Waals surface area (Å²) in [4.78, 5) is 48.5. The lowest BCUT2D eigenvalue weighted by atomic mass is 10.3. The highest BCUT2D eigenvalue weighted by molar-refractivity contribution is 6.44. The number of carbonyl (C=O) groups excluding carboxylic acids is 4. The molecule has 22 heavy (non-hydrogen) atoms. The van der Waals surface area contributed by atoms with E-state index in [0.717, 1.165) is 24.4 Å². The monoisotopic (exact) mass is 305 g/mol. The van der Waals surface area contributed by atoms with Crippen molar-refractivity contribution >= 4 is 35.4 Å². The van der Waals surface area contributed by atoms with Crippen LogP contribution in [0.4, 0.5) is 4.79 Å². The maximum Gasteiger partial charge on any atom is 0.404 e. The highest BCUT2D eigenvalue weighted by Crippen LogP contribution is 1.94. The van der Waals surface area contributed by atoms with Crippen LogP contribution in [-0.2, 0) is 29.7 Å². The van der Waals surface area contributed by atoms with Gasteiger partial charge in [0.1, 0.15) is 0 Å². The summed E-state index contributed by atoms with van der Waals surface area (Å²) in [5.41, 5.74) is 4.69. The number of hydrogen-bond donors (Lipinski definition) is 0. The van der Waals surface area contributed by atoms with Gasteiger partial charge in [0.2, 0.25) is 0 Å². The van der Waals surface area contributed by atoms with Gasteiger partial charge in [-0.15, -0.1) is 0 Å². The minimum Gasteiger partial charge on any atom is -0.309 e. The van der Waals surface area contributed by atoms with E-state index in [1.807, 2.05) is 0 Å². The molecule has 2 amide bonds. The van der Waals surface area contributed by atoms with Crippen molar-refractivity contribution in [3.05, 3.63) is 36.6 Å². The minimum atomic E-state index is -1.98. The largest absolute Gasteiger partial charge is 0.404 e. The van der Waals surface area contributed by atoms with Crippen LogP contribution in [0.5, 0.6) is 0 Å². The molecule has 1 N–H and O–H groups in total. The van der Waals surface area contributed by atoms with E-state index >= 15 is 0 Å². The Morgan fingerprint density at radius 1 is 0.727 bits per heavy atom. The number of aliphatic imine (C=N–C) groups is 2. The lowest BCUT2D eigenvalue weighted by Gasteiger charge is -1.91. The summed E-state index contributed by atoms with van der Waals surface area (Å²) in [6.45, 7) is 0. The molecule has 0 atom stereocenters. The van der Waals surface area contributed by atoms with Crippen molar-refractivity contribution in [2.75, 3.05) is 0 Å². The van der Waals surface area contributed by atoms with Crippen LogP contribution in [0.25, 0.3) is 0 Å². The molecule has 112 valence electrons. The molecule has 0 aliphatic carbocycles. The molecule has 0 aromatic heterocycles. The Balaban J connectivity index is 5.46. The fourth-order valence-electron chi connectivity index (χ4n) is 0.882. The van der Waals surface area contributed by atoms with Crippen molar-refractivity contribution in [1.29, 1.82) is 0 Å². The van der Waals surface area contributed by atoms with Gasteiger partial charge in [0, 0.05) is 12.3 Å². The Bertz CT molecular complexity index is 627. The third-order valence-electron chi connectivity index (χ3n) is 1.69. The summed E-state index contributed by atoms with van der Waals surface area (Å²) < 4.78 is 0. The van der Waals surface area contributed by atoms with E-state index in [-0.39, 0.29) is 6.08 Å². The maximum absolute atomic E-state index is 11.3. The van der Waals surface area contributed by atoms with E-state index in [1.165, 1.54) is 0 Å². The van der Waals surface area contributed by atoms with Crippen molar-refractivity contribution in [3.8, 4) is 0 Å². The van der Waals surface area contributed by atoms with Crippen molar-refractivity contribution < 1.29 is 34.5 Å². The first-order valence-electron chi connectivity index (χ1n) is 5.31. The van der Waals surface area contributed by atoms with E-state index in [2.05, 4.69) is 9.98 Å². The van der Waals surface area contributed by atoms with Gasteiger partial charge in [0.15, 0.2) is 11.4 Å². The minimum absolute atomic E-state index is 0.282. The molecule has 0 bridgehead atoms. The zero-order valence-corrected chi connectivity index (χ0v) is 10.7. The number of carbonyl (C=O) groups is 4. The highest BCUT2D eigenvalue weighted by Gasteiger charge is 2.14. The molecule has 0 saturated heterocycles. The van der Waals surface area contributed by atoms with Crippen molar-refractivity contribution in [2.45, 2.75) is 0 Å². The number of nitrogens with one attached hydrogen (secondary N) is 1. The zero-order chi connectivity index (χ0) is 17.1. The van der Waals surface area contributed by atoms with Gasteiger partial charge in [-0.25, -0.2) is 34.5 Å². The molecule has 0 rings (SSSR count). The molecule has 0 saturated carbocycles. The molecule has 10 heteroatoms. The number of amides is 2. The molecule has 4 radical (unpaired) electrons. The summed E-state index contributed by atoms with van der Waals surface area (Å²) in [6, 6.07) is -1.54. The smallest absolute Gasteiger partial charge is 0.309 e. The lowest BCUT2D eigenvalue weighted by Crippen LogP contribution is -2.13. The molecule has 0 aliphatic rings. The summed E-state index contributed by atoms with van der Waals surface area (Å²) in [6.07, 6.45) is 4.50. The number of rotatable bonds is 6. The second-order valence-corrected chi connectivity index (χ2v) is 3.22. The predicted molar refractivity (Wildman–Crippen MR) is 67.9 cm³/mol. The van der Waals surface area contributed by atoms with Crippen LogP contribution in [0.15, 0.2) is 46.6 Å². The second kappa shape index (κ2) is 9.36. The molecule has 10 nitrogen and oxygen atoms in total. The Morgan fingerprint density at radius 2 is 1.23 bits per heavy atom. The van der Waals surface area contributed by atoms with Gasteiger partial charge in [-0.2, -0.15) is 9.98 Å². The molecule has 0 unspecified atom stereocenters. The van der Waals surface area contributed by atoms with Gasteiger partial charge in [-0.3, -0.25) is 0 Å². The van der Waals surface area contributed by atoms with Crippen LogP contribution in [-0.4, -0.2) is 35.4 Å². The Labute approximate surface area is 123 Å². The van der Waals surface area contributed by atoms with Crippen LogP contribution in [0.2, 0.25) is 0 Å². The molecule has 0 spiro atoms. The van der Waals surface area contributed by atoms with Crippen LogP contribution in [0, 0.1) is 0 Å². The first-order valence-corrected chi connectivity index (χ1v) is 5.31. The number of urea groups is 1. The third kappa shape index (κ3) is 7.78. The fraction of sp³-hybridized carbons (Fsp3) is 0. The Morgan fingerprint density at radius 3 is 1.64 bits per heavy atom. The normalized spacial score (nSPS) is 13.1. The first kappa shape index (κ1) is 18.4. The summed E-state index contributed by atoms with van der Waals surface area (Å²) in [5, 5.41) is 31.4. The zero-order valence-electron chi connectivity index (χ0n) is 10.7. The lowest BCUT2D eigenvalue weighted by molar-refractivity contribution is -0.137. The topological polar surface area (TPSA) is 176 Å². The molecular weight excluding hydrogens is 298 g/mol. The van der Waals surface area contributed by atoms with Gasteiger partial charge < -0.3 is 5.73 Å². The average molecular weight is 305 g/mol. The number of nitrogens with zero attached hydrogens (tertiary/aromatic N) is 2. The summed E-state index contributed by atoms with van der Waals surface area (Å²) in [7, 11) is 0. The third-order valence-corrected chi connectivity index (χ3v) is 1.69. The second-order valence-electron chi connectivity index (χ2n) is 3.22.